The number of halogens is 1. The predicted molar refractivity (Wildman–Crippen MR) is 52.3 cm³/mol. The number of nitrogens with two attached hydrogens (primary N) is 1. The third kappa shape index (κ3) is 2.14. The average molecular weight is 199 g/mol. The van der Waals surface area contributed by atoms with E-state index >= 15 is 0 Å². The lowest BCUT2D eigenvalue weighted by atomic mass is 10.1. The molecule has 0 bridgehead atoms. The van der Waals surface area contributed by atoms with Gasteiger partial charge < -0.3 is 15.2 Å². The molecular weight excluding hydrogens is 185 g/mol. The van der Waals surface area contributed by atoms with Gasteiger partial charge in [0.05, 0.1) is 14.2 Å². The summed E-state index contributed by atoms with van der Waals surface area (Å²) in [5, 5.41) is 0. The number of benzene rings is 1. The molecule has 78 valence electrons. The van der Waals surface area contributed by atoms with Crippen LogP contribution >= 0.6 is 0 Å². The van der Waals surface area contributed by atoms with E-state index in [1.165, 1.54) is 26.4 Å². The Labute approximate surface area is 82.6 Å². The molecule has 0 heterocycles. The Bertz CT molecular complexity index is 315. The molecule has 0 radical (unpaired) electrons. The highest BCUT2D eigenvalue weighted by Gasteiger charge is 2.11. The van der Waals surface area contributed by atoms with Crippen LogP contribution in [-0.4, -0.2) is 20.8 Å². The number of methoxy groups -OCH3 is 2. The predicted octanol–water partition coefficient (Wildman–Crippen LogP) is 1.34. The van der Waals surface area contributed by atoms with E-state index in [1.54, 1.807) is 0 Å². The maximum Gasteiger partial charge on any atom is 0.164 e. The highest BCUT2D eigenvalue weighted by atomic mass is 19.1. The first-order valence-electron chi connectivity index (χ1n) is 4.33. The largest absolute Gasteiger partial charge is 0.493 e. The van der Waals surface area contributed by atoms with Gasteiger partial charge in [0, 0.05) is 11.6 Å². The van der Waals surface area contributed by atoms with E-state index in [-0.39, 0.29) is 5.82 Å². The summed E-state index contributed by atoms with van der Waals surface area (Å²) in [7, 11) is 3.00. The summed E-state index contributed by atoms with van der Waals surface area (Å²) in [4.78, 5) is 0. The minimum Gasteiger partial charge on any atom is -0.493 e. The summed E-state index contributed by atoms with van der Waals surface area (Å²) in [6.07, 6.45) is 0.567. The molecule has 1 rings (SSSR count). The normalized spacial score (nSPS) is 10.0. The molecule has 0 atom stereocenters. The summed E-state index contributed by atoms with van der Waals surface area (Å²) < 4.78 is 23.2. The summed E-state index contributed by atoms with van der Waals surface area (Å²) in [5.41, 5.74) is 6.14. The summed E-state index contributed by atoms with van der Waals surface area (Å²) >= 11 is 0. The van der Waals surface area contributed by atoms with Crippen LogP contribution in [0.3, 0.4) is 0 Å². The Morgan fingerprint density at radius 1 is 1.29 bits per heavy atom. The van der Waals surface area contributed by atoms with Gasteiger partial charge in [-0.3, -0.25) is 0 Å². The topological polar surface area (TPSA) is 44.5 Å². The van der Waals surface area contributed by atoms with Gasteiger partial charge in [-0.1, -0.05) is 0 Å². The zero-order valence-corrected chi connectivity index (χ0v) is 8.34. The summed E-state index contributed by atoms with van der Waals surface area (Å²) in [5.74, 6) is 0.612. The monoisotopic (exact) mass is 199 g/mol. The third-order valence-corrected chi connectivity index (χ3v) is 1.93. The molecule has 1 aromatic carbocycles. The standard InChI is InChI=1S/C10H14FNO2/c1-13-9-6-8(11)5-7(3-4-12)10(9)14-2/h5-6H,3-4,12H2,1-2H3. The van der Waals surface area contributed by atoms with E-state index < -0.39 is 0 Å². The molecule has 0 aliphatic rings. The van der Waals surface area contributed by atoms with Crippen LogP contribution in [0.2, 0.25) is 0 Å². The number of hydrogen-bond acceptors (Lipinski definition) is 3. The van der Waals surface area contributed by atoms with Crippen molar-refractivity contribution >= 4 is 0 Å². The molecule has 0 aliphatic heterocycles. The molecule has 14 heavy (non-hydrogen) atoms. The minimum atomic E-state index is -0.342. The minimum absolute atomic E-state index is 0.342. The van der Waals surface area contributed by atoms with Crippen LogP contribution in [0.1, 0.15) is 5.56 Å². The lowest BCUT2D eigenvalue weighted by Gasteiger charge is -2.12. The maximum absolute atomic E-state index is 13.1. The molecule has 1 aromatic rings. The third-order valence-electron chi connectivity index (χ3n) is 1.93. The van der Waals surface area contributed by atoms with E-state index in [0.717, 1.165) is 5.56 Å². The van der Waals surface area contributed by atoms with E-state index in [2.05, 4.69) is 0 Å². The fourth-order valence-corrected chi connectivity index (χ4v) is 1.35. The number of ether oxygens (including phenoxy) is 2. The first kappa shape index (κ1) is 10.8. The van der Waals surface area contributed by atoms with Crippen molar-refractivity contribution in [1.82, 2.24) is 0 Å². The van der Waals surface area contributed by atoms with Crippen molar-refractivity contribution in [2.45, 2.75) is 6.42 Å². The first-order chi connectivity index (χ1) is 6.72. The van der Waals surface area contributed by atoms with E-state index in [1.807, 2.05) is 0 Å². The van der Waals surface area contributed by atoms with Crippen LogP contribution in [0.15, 0.2) is 12.1 Å². The molecule has 0 saturated carbocycles. The summed E-state index contributed by atoms with van der Waals surface area (Å²) in [6, 6.07) is 2.70. The average Bonchev–Trinajstić information content (AvgIpc) is 2.17. The highest BCUT2D eigenvalue weighted by Crippen LogP contribution is 2.32. The molecule has 0 saturated heterocycles. The van der Waals surface area contributed by atoms with Gasteiger partial charge in [-0.15, -0.1) is 0 Å². The maximum atomic E-state index is 13.1. The Kier molecular flexibility index (Phi) is 3.71. The SMILES string of the molecule is COc1cc(F)cc(CCN)c1OC. The quantitative estimate of drug-likeness (QED) is 0.796. The van der Waals surface area contributed by atoms with Crippen LogP contribution < -0.4 is 15.2 Å². The summed E-state index contributed by atoms with van der Waals surface area (Å²) in [6.45, 7) is 0.447. The van der Waals surface area contributed by atoms with Gasteiger partial charge in [-0.25, -0.2) is 4.39 Å². The van der Waals surface area contributed by atoms with Crippen LogP contribution in [0, 0.1) is 5.82 Å². The van der Waals surface area contributed by atoms with Gasteiger partial charge in [-0.2, -0.15) is 0 Å². The van der Waals surface area contributed by atoms with Crippen molar-refractivity contribution < 1.29 is 13.9 Å². The zero-order valence-electron chi connectivity index (χ0n) is 8.34. The van der Waals surface area contributed by atoms with E-state index in [0.29, 0.717) is 24.5 Å². The van der Waals surface area contributed by atoms with Crippen molar-refractivity contribution in [2.75, 3.05) is 20.8 Å². The van der Waals surface area contributed by atoms with Gasteiger partial charge >= 0.3 is 0 Å². The fraction of sp³-hybridized carbons (Fsp3) is 0.400. The second-order valence-corrected chi connectivity index (χ2v) is 2.84. The van der Waals surface area contributed by atoms with Gasteiger partial charge in [0.1, 0.15) is 5.82 Å². The Morgan fingerprint density at radius 2 is 2.00 bits per heavy atom. The Hall–Kier alpha value is -1.29. The lowest BCUT2D eigenvalue weighted by Crippen LogP contribution is -2.05. The van der Waals surface area contributed by atoms with E-state index in [9.17, 15) is 4.39 Å². The van der Waals surface area contributed by atoms with Gasteiger partial charge in [0.25, 0.3) is 0 Å². The van der Waals surface area contributed by atoms with Crippen LogP contribution in [0.4, 0.5) is 4.39 Å². The van der Waals surface area contributed by atoms with Crippen molar-refractivity contribution in [3.63, 3.8) is 0 Å². The molecule has 0 aromatic heterocycles. The van der Waals surface area contributed by atoms with Crippen molar-refractivity contribution in [1.29, 1.82) is 0 Å². The van der Waals surface area contributed by atoms with Crippen molar-refractivity contribution in [2.24, 2.45) is 5.73 Å². The second-order valence-electron chi connectivity index (χ2n) is 2.84. The smallest absolute Gasteiger partial charge is 0.164 e. The fourth-order valence-electron chi connectivity index (χ4n) is 1.35. The first-order valence-corrected chi connectivity index (χ1v) is 4.33. The van der Waals surface area contributed by atoms with Crippen molar-refractivity contribution in [3.8, 4) is 11.5 Å². The second kappa shape index (κ2) is 4.81. The highest BCUT2D eigenvalue weighted by molar-refractivity contribution is 5.47. The number of hydrogen-bond donors (Lipinski definition) is 1. The van der Waals surface area contributed by atoms with Crippen LogP contribution in [0.25, 0.3) is 0 Å². The number of rotatable bonds is 4. The molecule has 3 nitrogen and oxygen atoms in total. The van der Waals surface area contributed by atoms with Gasteiger partial charge in [-0.05, 0) is 19.0 Å². The van der Waals surface area contributed by atoms with E-state index in [4.69, 9.17) is 15.2 Å². The van der Waals surface area contributed by atoms with Gasteiger partial charge in [0.2, 0.25) is 0 Å². The molecule has 4 heteroatoms. The zero-order chi connectivity index (χ0) is 10.6. The van der Waals surface area contributed by atoms with Crippen LogP contribution in [-0.2, 0) is 6.42 Å². The van der Waals surface area contributed by atoms with Gasteiger partial charge in [0.15, 0.2) is 11.5 Å². The molecular formula is C10H14FNO2. The van der Waals surface area contributed by atoms with Crippen molar-refractivity contribution in [3.05, 3.63) is 23.5 Å². The molecule has 0 aliphatic carbocycles. The molecule has 0 amide bonds. The van der Waals surface area contributed by atoms with Crippen LogP contribution in [0.5, 0.6) is 11.5 Å². The molecule has 0 fully saturated rings. The Morgan fingerprint density at radius 3 is 2.50 bits per heavy atom. The molecule has 0 unspecified atom stereocenters. The molecule has 2 N–H and O–H groups in total. The Balaban J connectivity index is 3.17. The lowest BCUT2D eigenvalue weighted by molar-refractivity contribution is 0.349. The molecule has 0 spiro atoms.